The topological polar surface area (TPSA) is 35.9 Å². The highest BCUT2D eigenvalue weighted by atomic mass is 35.5. The van der Waals surface area contributed by atoms with Crippen molar-refractivity contribution in [2.45, 2.75) is 40.5 Å². The van der Waals surface area contributed by atoms with Crippen molar-refractivity contribution in [2.24, 2.45) is 5.10 Å². The number of aryl methyl sites for hydroxylation is 1. The number of rotatable bonds is 7. The van der Waals surface area contributed by atoms with Gasteiger partial charge in [-0.1, -0.05) is 43.6 Å². The van der Waals surface area contributed by atoms with Crippen LogP contribution in [0.4, 0.5) is 11.4 Å². The number of nitrogens with zero attached hydrogens (tertiary/aromatic N) is 3. The lowest BCUT2D eigenvalue weighted by Crippen LogP contribution is -2.24. The Morgan fingerprint density at radius 3 is 2.28 bits per heavy atom. The van der Waals surface area contributed by atoms with E-state index in [0.29, 0.717) is 22.0 Å². The van der Waals surface area contributed by atoms with Gasteiger partial charge in [0.1, 0.15) is 0 Å². The van der Waals surface area contributed by atoms with E-state index < -0.39 is 0 Å². The molecule has 0 spiro atoms. The van der Waals surface area contributed by atoms with Gasteiger partial charge in [-0.2, -0.15) is 10.1 Å². The quantitative estimate of drug-likeness (QED) is 0.519. The average Bonchev–Trinajstić information content (AvgIpc) is 2.99. The number of hydrogen-bond donors (Lipinski definition) is 0. The second-order valence-corrected chi connectivity index (χ2v) is 7.78. The summed E-state index contributed by atoms with van der Waals surface area (Å²) in [5.41, 5.74) is 5.17. The Hall–Kier alpha value is -2.59. The van der Waals surface area contributed by atoms with E-state index in [1.54, 1.807) is 6.07 Å². The Balaban J connectivity index is 1.82. The second kappa shape index (κ2) is 9.27. The number of anilines is 2. The Bertz CT molecular complexity index is 941. The first-order valence-electron chi connectivity index (χ1n) is 10.2. The zero-order valence-corrected chi connectivity index (χ0v) is 18.3. The average molecular weight is 410 g/mol. The van der Waals surface area contributed by atoms with Crippen molar-refractivity contribution < 1.29 is 4.79 Å². The minimum absolute atomic E-state index is 0.134. The van der Waals surface area contributed by atoms with Crippen LogP contribution in [-0.4, -0.2) is 24.7 Å². The lowest BCUT2D eigenvalue weighted by Gasteiger charge is -2.23. The van der Waals surface area contributed by atoms with Crippen molar-refractivity contribution in [3.63, 3.8) is 0 Å². The lowest BCUT2D eigenvalue weighted by atomic mass is 10.1. The lowest BCUT2D eigenvalue weighted by molar-refractivity contribution is -0.114. The molecule has 2 aromatic rings. The SMILES string of the molecule is CCCN(CCC)c1ccc(C=C2C(=O)N(c3ccc(C)c(Cl)c3)N=C2C)cc1. The van der Waals surface area contributed by atoms with E-state index in [9.17, 15) is 4.79 Å². The maximum Gasteiger partial charge on any atom is 0.280 e. The van der Waals surface area contributed by atoms with Gasteiger partial charge in [0.25, 0.3) is 5.91 Å². The first kappa shape index (κ1) is 21.1. The number of hydrogen-bond acceptors (Lipinski definition) is 3. The van der Waals surface area contributed by atoms with Crippen LogP contribution >= 0.6 is 11.6 Å². The molecule has 1 heterocycles. The molecule has 0 saturated heterocycles. The molecule has 152 valence electrons. The van der Waals surface area contributed by atoms with E-state index in [0.717, 1.165) is 37.1 Å². The summed E-state index contributed by atoms with van der Waals surface area (Å²) < 4.78 is 0. The molecule has 0 unspecified atom stereocenters. The van der Waals surface area contributed by atoms with E-state index in [4.69, 9.17) is 11.6 Å². The summed E-state index contributed by atoms with van der Waals surface area (Å²) in [6.45, 7) is 10.3. The van der Waals surface area contributed by atoms with Crippen molar-refractivity contribution >= 4 is 40.7 Å². The molecule has 1 amide bonds. The van der Waals surface area contributed by atoms with Crippen LogP contribution in [0.15, 0.2) is 53.1 Å². The number of carbonyl (C=O) groups excluding carboxylic acids is 1. The van der Waals surface area contributed by atoms with E-state index in [1.165, 1.54) is 10.7 Å². The van der Waals surface area contributed by atoms with Gasteiger partial charge in [-0.25, -0.2) is 0 Å². The molecule has 0 atom stereocenters. The second-order valence-electron chi connectivity index (χ2n) is 7.37. The van der Waals surface area contributed by atoms with Crippen LogP contribution in [0.5, 0.6) is 0 Å². The molecule has 0 aromatic heterocycles. The van der Waals surface area contributed by atoms with Crippen LogP contribution in [0.25, 0.3) is 6.08 Å². The molecule has 29 heavy (non-hydrogen) atoms. The van der Waals surface area contributed by atoms with Crippen LogP contribution < -0.4 is 9.91 Å². The summed E-state index contributed by atoms with van der Waals surface area (Å²) in [6.07, 6.45) is 4.15. The first-order valence-corrected chi connectivity index (χ1v) is 10.5. The fourth-order valence-electron chi connectivity index (χ4n) is 3.43. The maximum absolute atomic E-state index is 13.0. The maximum atomic E-state index is 13.0. The Kier molecular flexibility index (Phi) is 6.75. The zero-order valence-electron chi connectivity index (χ0n) is 17.6. The molecule has 2 aromatic carbocycles. The molecule has 0 fully saturated rings. The normalized spacial score (nSPS) is 15.2. The van der Waals surface area contributed by atoms with Crippen LogP contribution in [0.1, 0.15) is 44.7 Å². The van der Waals surface area contributed by atoms with Gasteiger partial charge in [-0.15, -0.1) is 0 Å². The van der Waals surface area contributed by atoms with Crippen LogP contribution in [0.3, 0.4) is 0 Å². The van der Waals surface area contributed by atoms with E-state index in [2.05, 4.69) is 48.1 Å². The van der Waals surface area contributed by atoms with Gasteiger partial charge in [0.2, 0.25) is 0 Å². The molecule has 3 rings (SSSR count). The molecular weight excluding hydrogens is 382 g/mol. The minimum Gasteiger partial charge on any atom is -0.372 e. The number of benzene rings is 2. The van der Waals surface area contributed by atoms with E-state index >= 15 is 0 Å². The van der Waals surface area contributed by atoms with Crippen molar-refractivity contribution in [1.82, 2.24) is 0 Å². The van der Waals surface area contributed by atoms with Gasteiger partial charge >= 0.3 is 0 Å². The fraction of sp³-hybridized carbons (Fsp3) is 0.333. The van der Waals surface area contributed by atoms with E-state index in [-0.39, 0.29) is 5.91 Å². The van der Waals surface area contributed by atoms with Crippen molar-refractivity contribution in [1.29, 1.82) is 0 Å². The van der Waals surface area contributed by atoms with Crippen molar-refractivity contribution in [2.75, 3.05) is 23.0 Å². The third-order valence-corrected chi connectivity index (χ3v) is 5.43. The summed E-state index contributed by atoms with van der Waals surface area (Å²) in [7, 11) is 0. The fourth-order valence-corrected chi connectivity index (χ4v) is 3.61. The Labute approximate surface area is 178 Å². The Morgan fingerprint density at radius 1 is 1.03 bits per heavy atom. The van der Waals surface area contributed by atoms with Crippen LogP contribution in [0.2, 0.25) is 5.02 Å². The molecule has 5 heteroatoms. The van der Waals surface area contributed by atoms with Crippen LogP contribution in [0, 0.1) is 6.92 Å². The van der Waals surface area contributed by atoms with Gasteiger partial charge in [0.15, 0.2) is 0 Å². The van der Waals surface area contributed by atoms with Gasteiger partial charge in [-0.3, -0.25) is 4.79 Å². The Morgan fingerprint density at radius 2 is 1.69 bits per heavy atom. The number of hydrazone groups is 1. The molecule has 0 radical (unpaired) electrons. The van der Waals surface area contributed by atoms with Crippen molar-refractivity contribution in [3.05, 3.63) is 64.2 Å². The van der Waals surface area contributed by atoms with Gasteiger partial charge in [-0.05, 0) is 68.2 Å². The molecule has 4 nitrogen and oxygen atoms in total. The predicted octanol–water partition coefficient (Wildman–Crippen LogP) is 6.08. The molecule has 0 bridgehead atoms. The largest absolute Gasteiger partial charge is 0.372 e. The zero-order chi connectivity index (χ0) is 21.0. The third-order valence-electron chi connectivity index (χ3n) is 5.02. The third kappa shape index (κ3) is 4.70. The molecule has 0 N–H and O–H groups in total. The van der Waals surface area contributed by atoms with Gasteiger partial charge in [0.05, 0.1) is 17.0 Å². The highest BCUT2D eigenvalue weighted by molar-refractivity contribution is 6.33. The standard InChI is InChI=1S/C24H28ClN3O/c1-5-13-27(14-6-2)20-11-8-19(9-12-20)15-22-18(4)26-28(24(22)29)21-10-7-17(3)23(25)16-21/h7-12,15-16H,5-6,13-14H2,1-4H3. The minimum atomic E-state index is -0.134. The predicted molar refractivity (Wildman–Crippen MR) is 124 cm³/mol. The summed E-state index contributed by atoms with van der Waals surface area (Å²) in [5, 5.41) is 6.49. The number of halogens is 1. The van der Waals surface area contributed by atoms with Crippen LogP contribution in [-0.2, 0) is 4.79 Å². The summed E-state index contributed by atoms with van der Waals surface area (Å²) in [4.78, 5) is 15.4. The molecule has 0 saturated carbocycles. The highest BCUT2D eigenvalue weighted by Crippen LogP contribution is 2.29. The van der Waals surface area contributed by atoms with Crippen molar-refractivity contribution in [3.8, 4) is 0 Å². The number of carbonyl (C=O) groups is 1. The summed E-state index contributed by atoms with van der Waals surface area (Å²) in [6, 6.07) is 13.9. The summed E-state index contributed by atoms with van der Waals surface area (Å²) in [5.74, 6) is -0.134. The van der Waals surface area contributed by atoms with Gasteiger partial charge < -0.3 is 4.90 Å². The smallest absolute Gasteiger partial charge is 0.280 e. The first-order chi connectivity index (χ1) is 13.9. The van der Waals surface area contributed by atoms with E-state index in [1.807, 2.05) is 32.1 Å². The monoisotopic (exact) mass is 409 g/mol. The highest BCUT2D eigenvalue weighted by Gasteiger charge is 2.28. The molecule has 0 aliphatic carbocycles. The number of amides is 1. The summed E-state index contributed by atoms with van der Waals surface area (Å²) >= 11 is 6.22. The van der Waals surface area contributed by atoms with Gasteiger partial charge in [0, 0.05) is 23.8 Å². The molecule has 1 aliphatic rings. The molecular formula is C24H28ClN3O. The molecule has 1 aliphatic heterocycles.